The number of nitrogens with zero attached hydrogens (tertiary/aromatic N) is 2. The van der Waals surface area contributed by atoms with Gasteiger partial charge in [0, 0.05) is 30.4 Å². The maximum atomic E-state index is 13.1. The lowest BCUT2D eigenvalue weighted by Crippen LogP contribution is -2.02. The third-order valence-electron chi connectivity index (χ3n) is 5.55. The molecule has 1 fully saturated rings. The molecule has 2 unspecified atom stereocenters. The van der Waals surface area contributed by atoms with Crippen molar-refractivity contribution in [2.24, 2.45) is 7.05 Å². The second kappa shape index (κ2) is 4.19. The third-order valence-corrected chi connectivity index (χ3v) is 5.55. The molecule has 0 aliphatic heterocycles. The molecule has 3 aromatic rings. The molecule has 2 aliphatic rings. The molecule has 1 saturated carbocycles. The van der Waals surface area contributed by atoms with Gasteiger partial charge in [-0.1, -0.05) is 0 Å². The Morgan fingerprint density at radius 3 is 2.86 bits per heavy atom. The van der Waals surface area contributed by atoms with Crippen LogP contribution in [0.15, 0.2) is 36.7 Å². The van der Waals surface area contributed by atoms with Crippen molar-refractivity contribution in [2.45, 2.75) is 31.1 Å². The van der Waals surface area contributed by atoms with E-state index in [2.05, 4.69) is 34.9 Å². The van der Waals surface area contributed by atoms with Gasteiger partial charge in [-0.25, -0.2) is 4.98 Å². The molecule has 1 aromatic carbocycles. The zero-order valence-electron chi connectivity index (χ0n) is 12.5. The predicted octanol–water partition coefficient (Wildman–Crippen LogP) is 4.74. The minimum absolute atomic E-state index is 0.423. The fourth-order valence-corrected chi connectivity index (χ4v) is 4.60. The van der Waals surface area contributed by atoms with Crippen LogP contribution in [0.3, 0.4) is 0 Å². The third kappa shape index (κ3) is 1.51. The fourth-order valence-electron chi connectivity index (χ4n) is 4.60. The summed E-state index contributed by atoms with van der Waals surface area (Å²) in [5.41, 5.74) is 6.64. The Balaban J connectivity index is 1.85. The van der Waals surface area contributed by atoms with Crippen molar-refractivity contribution in [3.63, 3.8) is 0 Å². The predicted molar refractivity (Wildman–Crippen MR) is 85.4 cm³/mol. The van der Waals surface area contributed by atoms with Gasteiger partial charge >= 0.3 is 0 Å². The van der Waals surface area contributed by atoms with Crippen molar-refractivity contribution >= 4 is 10.9 Å². The highest BCUT2D eigenvalue weighted by Gasteiger charge is 2.39. The first kappa shape index (κ1) is 12.4. The number of halogens is 1. The van der Waals surface area contributed by atoms with Crippen molar-refractivity contribution in [1.82, 2.24) is 9.55 Å². The van der Waals surface area contributed by atoms with Gasteiger partial charge in [0.25, 0.3) is 0 Å². The second-order valence-electron chi connectivity index (χ2n) is 6.69. The van der Waals surface area contributed by atoms with Crippen LogP contribution in [-0.2, 0) is 7.05 Å². The SMILES string of the molecule is Cn1ccc2c(-c3ccc(F)nc3)cc3c(c21)C1CCC3C1. The summed E-state index contributed by atoms with van der Waals surface area (Å²) < 4.78 is 15.4. The maximum Gasteiger partial charge on any atom is 0.212 e. The van der Waals surface area contributed by atoms with Crippen molar-refractivity contribution in [1.29, 1.82) is 0 Å². The number of pyridine rings is 1. The van der Waals surface area contributed by atoms with Crippen molar-refractivity contribution in [3.8, 4) is 11.1 Å². The second-order valence-corrected chi connectivity index (χ2v) is 6.69. The quantitative estimate of drug-likeness (QED) is 0.592. The lowest BCUT2D eigenvalue weighted by molar-refractivity contribution is 0.584. The average molecular weight is 292 g/mol. The molecule has 0 saturated heterocycles. The number of hydrogen-bond acceptors (Lipinski definition) is 1. The van der Waals surface area contributed by atoms with Crippen molar-refractivity contribution < 1.29 is 4.39 Å². The van der Waals surface area contributed by atoms with Gasteiger partial charge in [0.15, 0.2) is 0 Å². The van der Waals surface area contributed by atoms with Crippen LogP contribution in [0.25, 0.3) is 22.0 Å². The van der Waals surface area contributed by atoms with Crippen LogP contribution in [0.4, 0.5) is 4.39 Å². The molecule has 22 heavy (non-hydrogen) atoms. The van der Waals surface area contributed by atoms with Crippen LogP contribution in [0, 0.1) is 5.95 Å². The van der Waals surface area contributed by atoms with E-state index in [4.69, 9.17) is 0 Å². The van der Waals surface area contributed by atoms with E-state index < -0.39 is 5.95 Å². The molecule has 0 N–H and O–H groups in total. The molecule has 2 aliphatic carbocycles. The normalized spacial score (nSPS) is 22.5. The molecule has 2 atom stereocenters. The Labute approximate surface area is 128 Å². The minimum atomic E-state index is -0.423. The highest BCUT2D eigenvalue weighted by molar-refractivity contribution is 5.99. The van der Waals surface area contributed by atoms with Crippen LogP contribution in [0.2, 0.25) is 0 Å². The summed E-state index contributed by atoms with van der Waals surface area (Å²) >= 11 is 0. The lowest BCUT2D eigenvalue weighted by atomic mass is 9.87. The highest BCUT2D eigenvalue weighted by atomic mass is 19.1. The van der Waals surface area contributed by atoms with Crippen LogP contribution in [0.1, 0.15) is 42.2 Å². The monoisotopic (exact) mass is 292 g/mol. The average Bonchev–Trinajstić information content (AvgIpc) is 3.22. The first-order valence-electron chi connectivity index (χ1n) is 7.96. The van der Waals surface area contributed by atoms with E-state index in [1.54, 1.807) is 11.8 Å². The van der Waals surface area contributed by atoms with E-state index in [-0.39, 0.29) is 0 Å². The standard InChI is InChI=1S/C19H17FN2/c1-22-7-6-14-15(13-4-5-17(20)21-10-13)9-16-11-2-3-12(8-11)18(16)19(14)22/h4-7,9-12H,2-3,8H2,1H3. The van der Waals surface area contributed by atoms with Crippen LogP contribution in [-0.4, -0.2) is 9.55 Å². The highest BCUT2D eigenvalue weighted by Crippen LogP contribution is 2.56. The van der Waals surface area contributed by atoms with Gasteiger partial charge in [-0.3, -0.25) is 0 Å². The van der Waals surface area contributed by atoms with Crippen LogP contribution < -0.4 is 0 Å². The molecule has 110 valence electrons. The number of aryl methyl sites for hydroxylation is 1. The summed E-state index contributed by atoms with van der Waals surface area (Å²) in [7, 11) is 2.13. The van der Waals surface area contributed by atoms with E-state index >= 15 is 0 Å². The molecule has 5 rings (SSSR count). The van der Waals surface area contributed by atoms with Crippen molar-refractivity contribution in [3.05, 3.63) is 53.7 Å². The summed E-state index contributed by atoms with van der Waals surface area (Å²) in [5.74, 6) is 1.02. The first-order chi connectivity index (χ1) is 10.7. The summed E-state index contributed by atoms with van der Waals surface area (Å²) in [6.45, 7) is 0. The zero-order chi connectivity index (χ0) is 14.8. The number of benzene rings is 1. The maximum absolute atomic E-state index is 13.1. The van der Waals surface area contributed by atoms with E-state index in [1.807, 2.05) is 6.07 Å². The molecule has 2 aromatic heterocycles. The van der Waals surface area contributed by atoms with E-state index in [9.17, 15) is 4.39 Å². The number of rotatable bonds is 1. The van der Waals surface area contributed by atoms with E-state index in [0.29, 0.717) is 5.92 Å². The molecule has 2 bridgehead atoms. The Hall–Kier alpha value is -2.16. The molecule has 2 heterocycles. The van der Waals surface area contributed by atoms with E-state index in [0.717, 1.165) is 11.5 Å². The largest absolute Gasteiger partial charge is 0.350 e. The van der Waals surface area contributed by atoms with Gasteiger partial charge in [0.1, 0.15) is 0 Å². The smallest absolute Gasteiger partial charge is 0.212 e. The van der Waals surface area contributed by atoms with Gasteiger partial charge in [-0.15, -0.1) is 0 Å². The van der Waals surface area contributed by atoms with Crippen molar-refractivity contribution in [2.75, 3.05) is 0 Å². The number of hydrogen-bond donors (Lipinski definition) is 0. The Bertz CT molecular complexity index is 892. The van der Waals surface area contributed by atoms with E-state index in [1.165, 1.54) is 47.4 Å². The topological polar surface area (TPSA) is 17.8 Å². The van der Waals surface area contributed by atoms with Crippen LogP contribution in [0.5, 0.6) is 0 Å². The zero-order valence-corrected chi connectivity index (χ0v) is 12.5. The molecule has 2 nitrogen and oxygen atoms in total. The summed E-state index contributed by atoms with van der Waals surface area (Å²) in [5, 5.41) is 1.27. The summed E-state index contributed by atoms with van der Waals surface area (Å²) in [6, 6.07) is 7.81. The van der Waals surface area contributed by atoms with Gasteiger partial charge in [0.05, 0.1) is 5.52 Å². The summed E-state index contributed by atoms with van der Waals surface area (Å²) in [6.07, 6.45) is 7.74. The minimum Gasteiger partial charge on any atom is -0.350 e. The Kier molecular flexibility index (Phi) is 2.36. The molecule has 0 amide bonds. The Morgan fingerprint density at radius 2 is 2.05 bits per heavy atom. The summed E-state index contributed by atoms with van der Waals surface area (Å²) in [4.78, 5) is 3.84. The van der Waals surface area contributed by atoms with Gasteiger partial charge in [-0.2, -0.15) is 4.39 Å². The molecule has 3 heteroatoms. The van der Waals surface area contributed by atoms with Gasteiger partial charge in [0.2, 0.25) is 5.95 Å². The molecular formula is C19H17FN2. The molecule has 0 spiro atoms. The Morgan fingerprint density at radius 1 is 1.18 bits per heavy atom. The van der Waals surface area contributed by atoms with Crippen LogP contribution >= 0.6 is 0 Å². The number of aromatic nitrogens is 2. The first-order valence-corrected chi connectivity index (χ1v) is 7.96. The molecule has 0 radical (unpaired) electrons. The molecular weight excluding hydrogens is 275 g/mol. The van der Waals surface area contributed by atoms with Gasteiger partial charge < -0.3 is 4.57 Å². The lowest BCUT2D eigenvalue weighted by Gasteiger charge is -2.19. The van der Waals surface area contributed by atoms with Gasteiger partial charge in [-0.05, 0) is 72.1 Å². The fraction of sp³-hybridized carbons (Fsp3) is 0.316. The number of fused-ring (bicyclic) bond motifs is 7.